The van der Waals surface area contributed by atoms with Gasteiger partial charge in [-0.2, -0.15) is 5.10 Å². The Kier molecular flexibility index (Phi) is 4.81. The Balaban J connectivity index is 1.66. The monoisotopic (exact) mass is 451 g/mol. The van der Waals surface area contributed by atoms with Crippen LogP contribution in [0.15, 0.2) is 41.5 Å². The molecule has 172 valence electrons. The summed E-state index contributed by atoms with van der Waals surface area (Å²) in [6.07, 6.45) is 0. The molecule has 1 unspecified atom stereocenters. The molecule has 0 aliphatic carbocycles. The number of carbonyl (C=O) groups is 2. The molecule has 0 spiro atoms. The number of nitrogens with one attached hydrogen (secondary N) is 1. The number of likely N-dealkylation sites (N-methyl/N-ethyl adjacent to an activating group) is 1. The number of carbonyl (C=O) groups excluding carboxylic acids is 2. The number of hydrogen-bond donors (Lipinski definition) is 1. The van der Waals surface area contributed by atoms with Gasteiger partial charge in [-0.05, 0) is 32.0 Å². The van der Waals surface area contributed by atoms with Crippen molar-refractivity contribution in [3.8, 4) is 16.9 Å². The molecule has 1 saturated heterocycles. The zero-order valence-corrected chi connectivity index (χ0v) is 19.1. The second-order valence-electron chi connectivity index (χ2n) is 9.09. The minimum atomic E-state index is -0.467. The molecule has 0 saturated carbocycles. The highest BCUT2D eigenvalue weighted by molar-refractivity contribution is 6.10. The van der Waals surface area contributed by atoms with Gasteiger partial charge >= 0.3 is 0 Å². The van der Waals surface area contributed by atoms with Crippen molar-refractivity contribution in [3.63, 3.8) is 0 Å². The lowest BCUT2D eigenvalue weighted by Crippen LogP contribution is -2.69. The van der Waals surface area contributed by atoms with Crippen LogP contribution in [0.25, 0.3) is 11.1 Å². The molecule has 3 heterocycles. The normalized spacial score (nSPS) is 20.6. The van der Waals surface area contributed by atoms with Crippen molar-refractivity contribution in [2.75, 3.05) is 36.5 Å². The first-order valence-corrected chi connectivity index (χ1v) is 10.9. The van der Waals surface area contributed by atoms with Gasteiger partial charge in [0.2, 0.25) is 5.91 Å². The minimum Gasteiger partial charge on any atom is -0.483 e. The Labute approximate surface area is 191 Å². The topological polar surface area (TPSA) is 77.5 Å². The van der Waals surface area contributed by atoms with Gasteiger partial charge in [-0.25, -0.2) is 9.82 Å². The van der Waals surface area contributed by atoms with Crippen molar-refractivity contribution in [1.82, 2.24) is 10.3 Å². The van der Waals surface area contributed by atoms with Crippen molar-refractivity contribution in [2.24, 2.45) is 5.10 Å². The number of hydrazone groups is 1. The summed E-state index contributed by atoms with van der Waals surface area (Å²) < 4.78 is 20.9. The van der Waals surface area contributed by atoms with Crippen molar-refractivity contribution >= 4 is 29.0 Å². The molecule has 8 nitrogen and oxygen atoms in total. The number of benzene rings is 2. The maximum absolute atomic E-state index is 14.9. The average Bonchev–Trinajstić information content (AvgIpc) is 2.78. The largest absolute Gasteiger partial charge is 0.483 e. The molecule has 33 heavy (non-hydrogen) atoms. The summed E-state index contributed by atoms with van der Waals surface area (Å²) in [5, 5.41) is 4.16. The molecule has 1 atom stereocenters. The van der Waals surface area contributed by atoms with Gasteiger partial charge in [-0.1, -0.05) is 18.2 Å². The Morgan fingerprint density at radius 1 is 1.27 bits per heavy atom. The van der Waals surface area contributed by atoms with E-state index in [1.165, 1.54) is 6.07 Å². The predicted octanol–water partition coefficient (Wildman–Crippen LogP) is 2.58. The summed E-state index contributed by atoms with van der Waals surface area (Å²) in [7, 11) is 1.95. The van der Waals surface area contributed by atoms with E-state index >= 15 is 0 Å². The number of hydrogen-bond acceptors (Lipinski definition) is 6. The zero-order valence-electron chi connectivity index (χ0n) is 19.1. The van der Waals surface area contributed by atoms with Crippen molar-refractivity contribution in [1.29, 1.82) is 0 Å². The van der Waals surface area contributed by atoms with Crippen LogP contribution in [0.2, 0.25) is 0 Å². The lowest BCUT2D eigenvalue weighted by molar-refractivity contribution is -0.135. The van der Waals surface area contributed by atoms with E-state index in [0.717, 1.165) is 5.69 Å². The summed E-state index contributed by atoms with van der Waals surface area (Å²) in [5.74, 6) is 0.667. The molecule has 0 bridgehead atoms. The van der Waals surface area contributed by atoms with Gasteiger partial charge in [-0.15, -0.1) is 0 Å². The highest BCUT2D eigenvalue weighted by Gasteiger charge is 2.45. The van der Waals surface area contributed by atoms with Gasteiger partial charge in [0.05, 0.1) is 11.2 Å². The molecule has 9 heteroatoms. The third-order valence-electron chi connectivity index (χ3n) is 6.88. The van der Waals surface area contributed by atoms with E-state index in [1.54, 1.807) is 30.0 Å². The highest BCUT2D eigenvalue weighted by atomic mass is 19.1. The number of likely N-dealkylation sites (tertiary alicyclic amines) is 1. The van der Waals surface area contributed by atoms with E-state index in [1.807, 2.05) is 31.0 Å². The van der Waals surface area contributed by atoms with Gasteiger partial charge in [0, 0.05) is 43.9 Å². The Morgan fingerprint density at radius 3 is 2.70 bits per heavy atom. The van der Waals surface area contributed by atoms with E-state index in [0.29, 0.717) is 41.5 Å². The summed E-state index contributed by atoms with van der Waals surface area (Å²) >= 11 is 0. The molecule has 3 aliphatic rings. The molecular weight excluding hydrogens is 425 g/mol. The zero-order chi connectivity index (χ0) is 23.5. The van der Waals surface area contributed by atoms with Crippen LogP contribution in [0.5, 0.6) is 5.75 Å². The fraction of sp³-hybridized carbons (Fsp3) is 0.375. The molecule has 5 rings (SSSR count). The molecular formula is C24H26FN5O3. The van der Waals surface area contributed by atoms with E-state index < -0.39 is 6.04 Å². The molecule has 2 aromatic rings. The number of ether oxygens (including phenoxy) is 1. The SMILES string of the molecule is CC(=O)N1CC(C)(N(C)c2cc3c(cc2-c2ccccc2F)OCC2=NNC(=O)C(C)N23)C1. The Morgan fingerprint density at radius 2 is 2.00 bits per heavy atom. The quantitative estimate of drug-likeness (QED) is 0.776. The van der Waals surface area contributed by atoms with E-state index in [-0.39, 0.29) is 29.8 Å². The van der Waals surface area contributed by atoms with Crippen molar-refractivity contribution < 1.29 is 18.7 Å². The van der Waals surface area contributed by atoms with E-state index in [2.05, 4.69) is 22.4 Å². The van der Waals surface area contributed by atoms with Gasteiger partial charge in [-0.3, -0.25) is 9.59 Å². The van der Waals surface area contributed by atoms with Crippen LogP contribution in [0.1, 0.15) is 20.8 Å². The average molecular weight is 452 g/mol. The molecule has 2 aromatic carbocycles. The second kappa shape index (κ2) is 7.47. The minimum absolute atomic E-state index is 0.0306. The van der Waals surface area contributed by atoms with Crippen LogP contribution < -0.4 is 20.0 Å². The summed E-state index contributed by atoms with van der Waals surface area (Å²) in [6, 6.07) is 9.93. The fourth-order valence-electron chi connectivity index (χ4n) is 4.74. The van der Waals surface area contributed by atoms with Gasteiger partial charge < -0.3 is 19.4 Å². The van der Waals surface area contributed by atoms with Gasteiger partial charge in [0.1, 0.15) is 24.2 Å². The van der Waals surface area contributed by atoms with Crippen LogP contribution in [0.3, 0.4) is 0 Å². The van der Waals surface area contributed by atoms with Crippen molar-refractivity contribution in [2.45, 2.75) is 32.4 Å². The van der Waals surface area contributed by atoms with Crippen LogP contribution in [-0.4, -0.2) is 60.9 Å². The molecule has 0 radical (unpaired) electrons. The fourth-order valence-corrected chi connectivity index (χ4v) is 4.74. The Hall–Kier alpha value is -3.62. The molecule has 3 aliphatic heterocycles. The summed E-state index contributed by atoms with van der Waals surface area (Å²) in [6.45, 7) is 6.79. The molecule has 2 amide bonds. The van der Waals surface area contributed by atoms with E-state index in [9.17, 15) is 14.0 Å². The Bertz CT molecular complexity index is 1190. The van der Waals surface area contributed by atoms with Gasteiger partial charge in [0.15, 0.2) is 5.84 Å². The first-order valence-electron chi connectivity index (χ1n) is 10.9. The van der Waals surface area contributed by atoms with Crippen LogP contribution in [0.4, 0.5) is 15.8 Å². The van der Waals surface area contributed by atoms with E-state index in [4.69, 9.17) is 4.74 Å². The highest BCUT2D eigenvalue weighted by Crippen LogP contribution is 2.46. The maximum atomic E-state index is 14.9. The standard InChI is InChI=1S/C24H26FN5O3/c1-14-23(32)27-26-22-11-33-21-9-17(16-7-5-6-8-18(16)25)19(10-20(21)30(14)22)28(4)24(3)12-29(13-24)15(2)31/h5-10,14H,11-13H2,1-4H3,(H,27,32). The van der Waals surface area contributed by atoms with Gasteiger partial charge in [0.25, 0.3) is 5.91 Å². The summed E-state index contributed by atoms with van der Waals surface area (Å²) in [5.41, 5.74) is 4.84. The molecule has 0 aromatic heterocycles. The van der Waals surface area contributed by atoms with Crippen LogP contribution >= 0.6 is 0 Å². The number of halogens is 1. The third-order valence-corrected chi connectivity index (χ3v) is 6.88. The third kappa shape index (κ3) is 3.30. The second-order valence-corrected chi connectivity index (χ2v) is 9.09. The lowest BCUT2D eigenvalue weighted by atomic mass is 9.88. The maximum Gasteiger partial charge on any atom is 0.262 e. The number of anilines is 2. The van der Waals surface area contributed by atoms with Crippen molar-refractivity contribution in [3.05, 3.63) is 42.2 Å². The summed E-state index contributed by atoms with van der Waals surface area (Å²) in [4.78, 5) is 29.9. The first-order chi connectivity index (χ1) is 15.7. The van der Waals surface area contributed by atoms with Crippen LogP contribution in [0, 0.1) is 5.82 Å². The first kappa shape index (κ1) is 21.2. The number of rotatable bonds is 3. The lowest BCUT2D eigenvalue weighted by Gasteiger charge is -2.54. The number of fused-ring (bicyclic) bond motifs is 3. The predicted molar refractivity (Wildman–Crippen MR) is 124 cm³/mol. The molecule has 1 N–H and O–H groups in total. The number of amides is 2. The smallest absolute Gasteiger partial charge is 0.262 e. The number of nitrogens with zero attached hydrogens (tertiary/aromatic N) is 4. The molecule has 1 fully saturated rings. The van der Waals surface area contributed by atoms with Crippen LogP contribution in [-0.2, 0) is 9.59 Å². The number of amidine groups is 1.